The molecule has 0 spiro atoms. The molecule has 0 bridgehead atoms. The molecule has 180 valence electrons. The van der Waals surface area contributed by atoms with Crippen molar-refractivity contribution in [2.24, 2.45) is 0 Å². The molecule has 0 fully saturated rings. The van der Waals surface area contributed by atoms with E-state index in [9.17, 15) is 18.0 Å². The number of ether oxygens (including phenoxy) is 1. The third-order valence-corrected chi connectivity index (χ3v) is 6.85. The molecule has 2 amide bonds. The Hall–Kier alpha value is -4.20. The summed E-state index contributed by atoms with van der Waals surface area (Å²) >= 11 is 0. The molecule has 0 aliphatic heterocycles. The van der Waals surface area contributed by atoms with Crippen LogP contribution < -0.4 is 15.6 Å². The summed E-state index contributed by atoms with van der Waals surface area (Å²) in [6, 6.07) is 21.4. The minimum absolute atomic E-state index is 0.121. The topological polar surface area (TPSA) is 129 Å². The monoisotopic (exact) mass is 492 g/mol. The van der Waals surface area contributed by atoms with Crippen molar-refractivity contribution in [1.29, 1.82) is 5.26 Å². The van der Waals surface area contributed by atoms with Crippen LogP contribution in [0, 0.1) is 18.3 Å². The van der Waals surface area contributed by atoms with E-state index in [0.29, 0.717) is 11.1 Å². The zero-order chi connectivity index (χ0) is 25.4. The Bertz CT molecular complexity index is 1350. The number of benzene rings is 3. The lowest BCUT2D eigenvalue weighted by Gasteiger charge is -2.17. The minimum Gasteiger partial charge on any atom is -0.482 e. The number of nitrogens with one attached hydrogen (secondary N) is 2. The van der Waals surface area contributed by atoms with Crippen molar-refractivity contribution in [1.82, 2.24) is 15.2 Å². The summed E-state index contributed by atoms with van der Waals surface area (Å²) in [5.74, 6) is -0.893. The smallest absolute Gasteiger partial charge is 0.276 e. The first-order chi connectivity index (χ1) is 16.7. The molecular formula is C25H24N4O5S. The summed E-state index contributed by atoms with van der Waals surface area (Å²) in [5.41, 5.74) is 6.75. The van der Waals surface area contributed by atoms with Crippen molar-refractivity contribution in [3.63, 3.8) is 0 Å². The zero-order valence-corrected chi connectivity index (χ0v) is 20.0. The summed E-state index contributed by atoms with van der Waals surface area (Å²) in [5, 5.41) is 9.03. The van der Waals surface area contributed by atoms with E-state index in [1.807, 2.05) is 13.0 Å². The fraction of sp³-hybridized carbons (Fsp3) is 0.160. The third kappa shape index (κ3) is 6.66. The summed E-state index contributed by atoms with van der Waals surface area (Å²) in [4.78, 5) is 24.5. The maximum absolute atomic E-state index is 12.7. The van der Waals surface area contributed by atoms with E-state index in [2.05, 4.69) is 10.9 Å². The van der Waals surface area contributed by atoms with Crippen molar-refractivity contribution < 1.29 is 22.7 Å². The van der Waals surface area contributed by atoms with Crippen molar-refractivity contribution in [2.45, 2.75) is 18.4 Å². The average molecular weight is 493 g/mol. The molecule has 0 saturated heterocycles. The number of amides is 2. The molecule has 0 atom stereocenters. The van der Waals surface area contributed by atoms with Gasteiger partial charge in [0.2, 0.25) is 10.0 Å². The second-order valence-electron chi connectivity index (χ2n) is 7.67. The number of hydrogen-bond acceptors (Lipinski definition) is 6. The third-order valence-electron chi connectivity index (χ3n) is 5.03. The molecule has 0 heterocycles. The number of rotatable bonds is 8. The van der Waals surface area contributed by atoms with Crippen LogP contribution in [0.3, 0.4) is 0 Å². The Morgan fingerprint density at radius 3 is 2.29 bits per heavy atom. The van der Waals surface area contributed by atoms with Gasteiger partial charge in [-0.05, 0) is 48.9 Å². The van der Waals surface area contributed by atoms with Crippen molar-refractivity contribution in [3.05, 3.63) is 95.1 Å². The van der Waals surface area contributed by atoms with Gasteiger partial charge in [0.1, 0.15) is 11.8 Å². The summed E-state index contributed by atoms with van der Waals surface area (Å²) in [6.07, 6.45) is 0. The van der Waals surface area contributed by atoms with Gasteiger partial charge in [-0.2, -0.15) is 9.57 Å². The first kappa shape index (κ1) is 25.4. The second-order valence-corrected chi connectivity index (χ2v) is 9.71. The molecule has 9 nitrogen and oxygen atoms in total. The van der Waals surface area contributed by atoms with Gasteiger partial charge in [0.05, 0.1) is 10.5 Å². The van der Waals surface area contributed by atoms with Crippen molar-refractivity contribution >= 4 is 21.8 Å². The van der Waals surface area contributed by atoms with Crippen LogP contribution in [0.4, 0.5) is 0 Å². The zero-order valence-electron chi connectivity index (χ0n) is 19.2. The Balaban J connectivity index is 1.51. The highest BCUT2D eigenvalue weighted by Crippen LogP contribution is 2.18. The molecule has 0 saturated carbocycles. The average Bonchev–Trinajstić information content (AvgIpc) is 2.86. The summed E-state index contributed by atoms with van der Waals surface area (Å²) < 4.78 is 32.0. The van der Waals surface area contributed by atoms with Crippen LogP contribution in [0.15, 0.2) is 77.7 Å². The second kappa shape index (κ2) is 11.3. The van der Waals surface area contributed by atoms with Crippen LogP contribution in [0.25, 0.3) is 0 Å². The van der Waals surface area contributed by atoms with Gasteiger partial charge in [-0.25, -0.2) is 8.42 Å². The Labute approximate surface area is 204 Å². The molecule has 10 heteroatoms. The van der Waals surface area contributed by atoms with Gasteiger partial charge >= 0.3 is 0 Å². The number of hydrogen-bond donors (Lipinski definition) is 2. The number of para-hydroxylation sites is 1. The van der Waals surface area contributed by atoms with E-state index in [4.69, 9.17) is 10.00 Å². The van der Waals surface area contributed by atoms with Crippen molar-refractivity contribution in [2.75, 3.05) is 13.7 Å². The number of nitriles is 1. The summed E-state index contributed by atoms with van der Waals surface area (Å²) in [7, 11) is -2.16. The van der Waals surface area contributed by atoms with Crippen LogP contribution in [-0.2, 0) is 21.4 Å². The molecular weight excluding hydrogens is 468 g/mol. The molecule has 0 aliphatic rings. The number of sulfonamides is 1. The predicted molar refractivity (Wildman–Crippen MR) is 129 cm³/mol. The molecule has 0 aliphatic carbocycles. The van der Waals surface area contributed by atoms with E-state index < -0.39 is 21.8 Å². The maximum atomic E-state index is 12.7. The fourth-order valence-electron chi connectivity index (χ4n) is 3.06. The molecule has 2 N–H and O–H groups in total. The fourth-order valence-corrected chi connectivity index (χ4v) is 4.22. The highest BCUT2D eigenvalue weighted by Gasteiger charge is 2.20. The lowest BCUT2D eigenvalue weighted by atomic mass is 10.1. The van der Waals surface area contributed by atoms with Gasteiger partial charge < -0.3 is 4.74 Å². The van der Waals surface area contributed by atoms with Crippen LogP contribution >= 0.6 is 0 Å². The molecule has 0 unspecified atom stereocenters. The standard InChI is InChI=1S/C25H24N4O5S/c1-18-7-13-22(14-8-18)35(32,33)29(2)16-19-9-11-20(12-10-19)25(31)28-27-24(30)17-34-23-6-4-3-5-21(23)15-26/h3-14H,16-17H2,1-2H3,(H,27,30)(H,28,31). The van der Waals surface area contributed by atoms with Crippen LogP contribution in [0.2, 0.25) is 0 Å². The number of hydrazine groups is 1. The first-order valence-electron chi connectivity index (χ1n) is 10.5. The SMILES string of the molecule is Cc1ccc(S(=O)(=O)N(C)Cc2ccc(C(=O)NNC(=O)COc3ccccc3C#N)cc2)cc1. The minimum atomic E-state index is -3.65. The van der Waals surface area contributed by atoms with E-state index in [-0.39, 0.29) is 29.4 Å². The highest BCUT2D eigenvalue weighted by atomic mass is 32.2. The number of carbonyl (C=O) groups is 2. The van der Waals surface area contributed by atoms with Gasteiger partial charge in [-0.1, -0.05) is 42.0 Å². The van der Waals surface area contributed by atoms with Crippen molar-refractivity contribution in [3.8, 4) is 11.8 Å². The van der Waals surface area contributed by atoms with Gasteiger partial charge in [0.25, 0.3) is 11.8 Å². The van der Waals surface area contributed by atoms with Gasteiger partial charge in [0.15, 0.2) is 6.61 Å². The van der Waals surface area contributed by atoms with E-state index in [1.165, 1.54) is 23.5 Å². The van der Waals surface area contributed by atoms with Crippen LogP contribution in [-0.4, -0.2) is 38.2 Å². The number of nitrogens with zero attached hydrogens (tertiary/aromatic N) is 2. The van der Waals surface area contributed by atoms with Crippen LogP contribution in [0.5, 0.6) is 5.75 Å². The lowest BCUT2D eigenvalue weighted by Crippen LogP contribution is -2.43. The van der Waals surface area contributed by atoms with E-state index >= 15 is 0 Å². The van der Waals surface area contributed by atoms with Gasteiger partial charge in [-0.3, -0.25) is 20.4 Å². The van der Waals surface area contributed by atoms with E-state index in [1.54, 1.807) is 60.7 Å². The Morgan fingerprint density at radius 2 is 1.63 bits per heavy atom. The normalized spacial score (nSPS) is 10.9. The summed E-state index contributed by atoms with van der Waals surface area (Å²) in [6.45, 7) is 1.61. The van der Waals surface area contributed by atoms with Crippen LogP contribution in [0.1, 0.15) is 27.0 Å². The molecule has 3 rings (SSSR count). The molecule has 0 radical (unpaired) electrons. The van der Waals surface area contributed by atoms with Gasteiger partial charge in [0, 0.05) is 19.2 Å². The maximum Gasteiger partial charge on any atom is 0.276 e. The Morgan fingerprint density at radius 1 is 0.971 bits per heavy atom. The quantitative estimate of drug-likeness (QED) is 0.465. The van der Waals surface area contributed by atoms with E-state index in [0.717, 1.165) is 5.56 Å². The number of carbonyl (C=O) groups excluding carboxylic acids is 2. The predicted octanol–water partition coefficient (Wildman–Crippen LogP) is 2.53. The van der Waals surface area contributed by atoms with Gasteiger partial charge in [-0.15, -0.1) is 0 Å². The molecule has 3 aromatic carbocycles. The lowest BCUT2D eigenvalue weighted by molar-refractivity contribution is -0.123. The molecule has 0 aromatic heterocycles. The number of aryl methyl sites for hydroxylation is 1. The molecule has 3 aromatic rings. The largest absolute Gasteiger partial charge is 0.482 e. The first-order valence-corrected chi connectivity index (χ1v) is 12.0. The molecule has 35 heavy (non-hydrogen) atoms. The Kier molecular flexibility index (Phi) is 8.20. The highest BCUT2D eigenvalue weighted by molar-refractivity contribution is 7.89.